The Balaban J connectivity index is 2.11. The van der Waals surface area contributed by atoms with Crippen molar-refractivity contribution in [3.8, 4) is 0 Å². The van der Waals surface area contributed by atoms with Crippen molar-refractivity contribution < 1.29 is 38.9 Å². The summed E-state index contributed by atoms with van der Waals surface area (Å²) in [6, 6.07) is 12.6. The number of carbonyl (C=O) groups is 4. The molecule has 0 aliphatic carbocycles. The number of esters is 1. The number of rotatable bonds is 9. The van der Waals surface area contributed by atoms with Gasteiger partial charge in [0.25, 0.3) is 0 Å². The van der Waals surface area contributed by atoms with Gasteiger partial charge >= 0.3 is 17.9 Å². The van der Waals surface area contributed by atoms with Gasteiger partial charge in [-0.15, -0.1) is 0 Å². The molecule has 0 aromatic heterocycles. The van der Waals surface area contributed by atoms with E-state index >= 15 is 0 Å². The Labute approximate surface area is 166 Å². The summed E-state index contributed by atoms with van der Waals surface area (Å²) in [7, 11) is 0. The van der Waals surface area contributed by atoms with Gasteiger partial charge < -0.3 is 19.7 Å². The lowest BCUT2D eigenvalue weighted by molar-refractivity contribution is -0.170. The molecule has 2 rings (SSSR count). The van der Waals surface area contributed by atoms with Gasteiger partial charge in [0, 0.05) is 5.56 Å². The molecule has 8 heteroatoms. The first-order valence-corrected chi connectivity index (χ1v) is 8.63. The van der Waals surface area contributed by atoms with E-state index in [2.05, 4.69) is 0 Å². The Bertz CT molecular complexity index is 899. The predicted molar refractivity (Wildman–Crippen MR) is 101 cm³/mol. The molecule has 2 atom stereocenters. The summed E-state index contributed by atoms with van der Waals surface area (Å²) >= 11 is 0. The fourth-order valence-electron chi connectivity index (χ4n) is 2.39. The summed E-state index contributed by atoms with van der Waals surface area (Å²) in [6.45, 7) is 2.95. The Morgan fingerprint density at radius 1 is 0.759 bits per heavy atom. The average molecular weight is 400 g/mol. The maximum atomic E-state index is 12.2. The minimum Gasteiger partial charge on any atom is -0.479 e. The largest absolute Gasteiger partial charge is 0.479 e. The molecule has 0 saturated carbocycles. The molecule has 0 fully saturated rings. The lowest BCUT2D eigenvalue weighted by Crippen LogP contribution is -2.45. The summed E-state index contributed by atoms with van der Waals surface area (Å²) in [4.78, 5) is 47.4. The summed E-state index contributed by atoms with van der Waals surface area (Å²) in [5, 5.41) is 18.7. The van der Waals surface area contributed by atoms with Crippen LogP contribution in [0.2, 0.25) is 0 Å². The Hall–Kier alpha value is -3.52. The van der Waals surface area contributed by atoms with Crippen LogP contribution in [0.5, 0.6) is 0 Å². The number of aliphatic carboxylic acids is 2. The highest BCUT2D eigenvalue weighted by molar-refractivity contribution is 5.97. The van der Waals surface area contributed by atoms with Gasteiger partial charge in [0.15, 0.2) is 5.78 Å². The first-order chi connectivity index (χ1) is 13.7. The van der Waals surface area contributed by atoms with Gasteiger partial charge in [-0.2, -0.15) is 0 Å². The standard InChI is InChI=1S/C21H20O8/c1-12-3-7-14(8-4-12)16(22)11-28-17(19(23)24)18(20(25)26)29-21(27)15-9-5-13(2)6-10-15/h3-10,17-18H,11H2,1-2H3,(H,23,24)(H,25,26)/t17?,18-/m0/s1. The first kappa shape index (κ1) is 21.8. The van der Waals surface area contributed by atoms with Crippen LogP contribution in [0.3, 0.4) is 0 Å². The van der Waals surface area contributed by atoms with Crippen molar-refractivity contribution in [2.45, 2.75) is 26.1 Å². The molecule has 1 unspecified atom stereocenters. The molecule has 8 nitrogen and oxygen atoms in total. The van der Waals surface area contributed by atoms with E-state index < -0.39 is 42.5 Å². The molecule has 0 spiro atoms. The molecule has 2 aromatic carbocycles. The van der Waals surface area contributed by atoms with E-state index in [1.54, 1.807) is 43.3 Å². The van der Waals surface area contributed by atoms with Crippen molar-refractivity contribution in [1.29, 1.82) is 0 Å². The summed E-state index contributed by atoms with van der Waals surface area (Å²) in [5.74, 6) is -4.94. The van der Waals surface area contributed by atoms with Crippen LogP contribution in [0, 0.1) is 13.8 Å². The van der Waals surface area contributed by atoms with Crippen molar-refractivity contribution >= 4 is 23.7 Å². The minimum absolute atomic E-state index is 0.0571. The minimum atomic E-state index is -2.13. The number of ether oxygens (including phenoxy) is 2. The fourth-order valence-corrected chi connectivity index (χ4v) is 2.39. The molecule has 0 aliphatic rings. The number of ketones is 1. The van der Waals surface area contributed by atoms with Crippen LogP contribution in [0.1, 0.15) is 31.8 Å². The van der Waals surface area contributed by atoms with Gasteiger partial charge in [-0.05, 0) is 26.0 Å². The topological polar surface area (TPSA) is 127 Å². The molecule has 0 amide bonds. The van der Waals surface area contributed by atoms with Crippen molar-refractivity contribution in [3.05, 3.63) is 70.8 Å². The third-order valence-electron chi connectivity index (χ3n) is 4.05. The summed E-state index contributed by atoms with van der Waals surface area (Å²) < 4.78 is 9.88. The maximum absolute atomic E-state index is 12.2. The molecule has 0 bridgehead atoms. The zero-order valence-electron chi connectivity index (χ0n) is 15.8. The van der Waals surface area contributed by atoms with Gasteiger partial charge in [0.1, 0.15) is 6.61 Å². The van der Waals surface area contributed by atoms with Gasteiger partial charge in [-0.25, -0.2) is 14.4 Å². The van der Waals surface area contributed by atoms with E-state index in [9.17, 15) is 29.4 Å². The quantitative estimate of drug-likeness (QED) is 0.485. The predicted octanol–water partition coefficient (Wildman–Crippen LogP) is 2.27. The maximum Gasteiger partial charge on any atom is 0.348 e. The van der Waals surface area contributed by atoms with Gasteiger partial charge in [-0.1, -0.05) is 47.5 Å². The number of carboxylic acid groups (broad SMARTS) is 2. The monoisotopic (exact) mass is 400 g/mol. The highest BCUT2D eigenvalue weighted by Crippen LogP contribution is 2.13. The molecule has 152 valence electrons. The molecular formula is C21H20O8. The molecule has 0 heterocycles. The second-order valence-corrected chi connectivity index (χ2v) is 6.39. The number of aryl methyl sites for hydroxylation is 2. The van der Waals surface area contributed by atoms with Crippen LogP contribution in [-0.4, -0.2) is 52.7 Å². The van der Waals surface area contributed by atoms with E-state index in [1.807, 2.05) is 6.92 Å². The molecule has 2 aromatic rings. The van der Waals surface area contributed by atoms with E-state index in [1.165, 1.54) is 12.1 Å². The van der Waals surface area contributed by atoms with Gasteiger partial charge in [0.2, 0.25) is 12.2 Å². The summed E-state index contributed by atoms with van der Waals surface area (Å²) in [6.07, 6.45) is -4.19. The second-order valence-electron chi connectivity index (χ2n) is 6.39. The Morgan fingerprint density at radius 2 is 1.21 bits per heavy atom. The molecule has 0 radical (unpaired) electrons. The van der Waals surface area contributed by atoms with E-state index in [-0.39, 0.29) is 11.1 Å². The molecule has 29 heavy (non-hydrogen) atoms. The van der Waals surface area contributed by atoms with Crippen molar-refractivity contribution in [2.24, 2.45) is 0 Å². The third kappa shape index (κ3) is 5.98. The van der Waals surface area contributed by atoms with Crippen molar-refractivity contribution in [1.82, 2.24) is 0 Å². The van der Waals surface area contributed by atoms with Crippen LogP contribution in [0.25, 0.3) is 0 Å². The van der Waals surface area contributed by atoms with Crippen molar-refractivity contribution in [2.75, 3.05) is 6.61 Å². The molecule has 0 aliphatic heterocycles. The van der Waals surface area contributed by atoms with Crippen LogP contribution in [0.15, 0.2) is 48.5 Å². The highest BCUT2D eigenvalue weighted by atomic mass is 16.6. The second kappa shape index (κ2) is 9.61. The molecule has 2 N–H and O–H groups in total. The van der Waals surface area contributed by atoms with Crippen molar-refractivity contribution in [3.63, 3.8) is 0 Å². The number of carbonyl (C=O) groups excluding carboxylic acids is 2. The number of hydrogen-bond donors (Lipinski definition) is 2. The smallest absolute Gasteiger partial charge is 0.348 e. The molecular weight excluding hydrogens is 380 g/mol. The normalized spacial score (nSPS) is 12.6. The number of hydrogen-bond acceptors (Lipinski definition) is 6. The van der Waals surface area contributed by atoms with E-state index in [0.717, 1.165) is 11.1 Å². The zero-order chi connectivity index (χ0) is 21.6. The van der Waals surface area contributed by atoms with E-state index in [0.29, 0.717) is 0 Å². The Morgan fingerprint density at radius 3 is 1.66 bits per heavy atom. The van der Waals surface area contributed by atoms with Crippen LogP contribution < -0.4 is 0 Å². The van der Waals surface area contributed by atoms with E-state index in [4.69, 9.17) is 9.47 Å². The van der Waals surface area contributed by atoms with Crippen LogP contribution >= 0.6 is 0 Å². The third-order valence-corrected chi connectivity index (χ3v) is 4.05. The zero-order valence-corrected chi connectivity index (χ0v) is 15.8. The first-order valence-electron chi connectivity index (χ1n) is 8.63. The van der Waals surface area contributed by atoms with Crippen LogP contribution in [0.4, 0.5) is 0 Å². The summed E-state index contributed by atoms with van der Waals surface area (Å²) in [5.41, 5.74) is 2.14. The van der Waals surface area contributed by atoms with Gasteiger partial charge in [0.05, 0.1) is 5.56 Å². The highest BCUT2D eigenvalue weighted by Gasteiger charge is 2.39. The number of Topliss-reactive ketones (excluding diaryl/α,β-unsaturated/α-hetero) is 1. The number of carboxylic acids is 2. The van der Waals surface area contributed by atoms with Gasteiger partial charge in [-0.3, -0.25) is 4.79 Å². The lowest BCUT2D eigenvalue weighted by Gasteiger charge is -2.21. The Kier molecular flexibility index (Phi) is 7.21. The fraction of sp³-hybridized carbons (Fsp3) is 0.238. The lowest BCUT2D eigenvalue weighted by atomic mass is 10.1. The SMILES string of the molecule is Cc1ccc(C(=O)COC(C(=O)O)[C@H](OC(=O)c2ccc(C)cc2)C(=O)O)cc1. The van der Waals surface area contributed by atoms with Crippen LogP contribution in [-0.2, 0) is 19.1 Å². The molecule has 0 saturated heterocycles. The number of benzene rings is 2. The average Bonchev–Trinajstić information content (AvgIpc) is 2.67.